The number of nitrogens with one attached hydrogen (secondary N) is 2. The molecule has 0 saturated carbocycles. The van der Waals surface area contributed by atoms with E-state index in [2.05, 4.69) is 10.6 Å². The van der Waals surface area contributed by atoms with Crippen molar-refractivity contribution in [3.63, 3.8) is 0 Å². The van der Waals surface area contributed by atoms with Gasteiger partial charge in [0.25, 0.3) is 0 Å². The Labute approximate surface area is 101 Å². The molecule has 17 heavy (non-hydrogen) atoms. The molecular weight excluding hydrogens is 224 g/mol. The fraction of sp³-hybridized carbons (Fsp3) is 0.909. The lowest BCUT2D eigenvalue weighted by Crippen LogP contribution is -2.60. The van der Waals surface area contributed by atoms with Gasteiger partial charge in [0.2, 0.25) is 5.91 Å². The van der Waals surface area contributed by atoms with Crippen molar-refractivity contribution in [1.29, 1.82) is 0 Å². The first kappa shape index (κ1) is 12.8. The molecule has 0 aromatic heterocycles. The van der Waals surface area contributed by atoms with Gasteiger partial charge < -0.3 is 25.2 Å². The van der Waals surface area contributed by atoms with Crippen molar-refractivity contribution in [2.75, 3.05) is 39.6 Å². The van der Waals surface area contributed by atoms with E-state index in [0.29, 0.717) is 45.8 Å². The van der Waals surface area contributed by atoms with Crippen molar-refractivity contribution in [1.82, 2.24) is 10.6 Å². The summed E-state index contributed by atoms with van der Waals surface area (Å²) in [6.07, 6.45) is 1.31. The summed E-state index contributed by atoms with van der Waals surface area (Å²) in [5, 5.41) is 15.5. The number of hydrogen-bond acceptors (Lipinski definition) is 5. The quantitative estimate of drug-likeness (QED) is 0.571. The van der Waals surface area contributed by atoms with Gasteiger partial charge in [-0.3, -0.25) is 4.79 Å². The minimum absolute atomic E-state index is 0.0460. The molecule has 2 heterocycles. The second-order valence-corrected chi connectivity index (χ2v) is 4.62. The smallest absolute Gasteiger partial charge is 0.240 e. The number of aliphatic hydroxyl groups excluding tert-OH is 1. The average Bonchev–Trinajstić information content (AvgIpc) is 2.41. The Bertz CT molecular complexity index is 260. The molecule has 0 bridgehead atoms. The Morgan fingerprint density at radius 3 is 2.71 bits per heavy atom. The second-order valence-electron chi connectivity index (χ2n) is 4.62. The summed E-state index contributed by atoms with van der Waals surface area (Å²) in [5.74, 6) is -0.0966. The van der Waals surface area contributed by atoms with Gasteiger partial charge in [0.05, 0.1) is 25.4 Å². The summed E-state index contributed by atoms with van der Waals surface area (Å²) in [6, 6.07) is -0.310. The Balaban J connectivity index is 1.90. The van der Waals surface area contributed by atoms with E-state index >= 15 is 0 Å². The molecule has 0 spiro atoms. The lowest BCUT2D eigenvalue weighted by atomic mass is 9.90. The molecule has 1 atom stereocenters. The highest BCUT2D eigenvalue weighted by Crippen LogP contribution is 2.20. The van der Waals surface area contributed by atoms with Crippen LogP contribution in [0.25, 0.3) is 0 Å². The first-order valence-corrected chi connectivity index (χ1v) is 6.07. The van der Waals surface area contributed by atoms with Gasteiger partial charge in [-0.25, -0.2) is 0 Å². The van der Waals surface area contributed by atoms with E-state index < -0.39 is 5.54 Å². The van der Waals surface area contributed by atoms with Crippen LogP contribution in [0.2, 0.25) is 0 Å². The summed E-state index contributed by atoms with van der Waals surface area (Å²) in [5.41, 5.74) is -0.519. The molecule has 1 unspecified atom stereocenters. The fourth-order valence-corrected chi connectivity index (χ4v) is 2.17. The molecule has 6 nitrogen and oxygen atoms in total. The molecule has 2 fully saturated rings. The maximum absolute atomic E-state index is 12.0. The Morgan fingerprint density at radius 2 is 2.12 bits per heavy atom. The topological polar surface area (TPSA) is 79.8 Å². The SMILES string of the molecule is O=C(NC1(CO)CCOCC1)C1COCCN1. The zero-order valence-corrected chi connectivity index (χ0v) is 9.91. The summed E-state index contributed by atoms with van der Waals surface area (Å²) < 4.78 is 10.5. The van der Waals surface area contributed by atoms with Gasteiger partial charge in [-0.1, -0.05) is 0 Å². The normalized spacial score (nSPS) is 28.6. The van der Waals surface area contributed by atoms with Crippen molar-refractivity contribution < 1.29 is 19.4 Å². The summed E-state index contributed by atoms with van der Waals surface area (Å²) in [6.45, 7) is 2.83. The van der Waals surface area contributed by atoms with Crippen molar-refractivity contribution in [2.45, 2.75) is 24.4 Å². The van der Waals surface area contributed by atoms with Crippen LogP contribution in [-0.2, 0) is 14.3 Å². The van der Waals surface area contributed by atoms with Crippen LogP contribution in [0.5, 0.6) is 0 Å². The molecule has 0 radical (unpaired) electrons. The van der Waals surface area contributed by atoms with E-state index in [9.17, 15) is 9.90 Å². The number of aliphatic hydroxyl groups is 1. The third-order valence-corrected chi connectivity index (χ3v) is 3.38. The predicted octanol–water partition coefficient (Wildman–Crippen LogP) is -1.37. The van der Waals surface area contributed by atoms with Crippen LogP contribution >= 0.6 is 0 Å². The molecule has 3 N–H and O–H groups in total. The van der Waals surface area contributed by atoms with E-state index in [-0.39, 0.29) is 18.6 Å². The number of carbonyl (C=O) groups excluding carboxylic acids is 1. The number of rotatable bonds is 3. The summed E-state index contributed by atoms with van der Waals surface area (Å²) in [7, 11) is 0. The molecule has 2 saturated heterocycles. The predicted molar refractivity (Wildman–Crippen MR) is 60.6 cm³/mol. The molecule has 2 aliphatic heterocycles. The Kier molecular flexibility index (Phi) is 4.33. The number of amides is 1. The van der Waals surface area contributed by atoms with Gasteiger partial charge in [0.15, 0.2) is 0 Å². The molecule has 0 aliphatic carbocycles. The molecule has 98 valence electrons. The lowest BCUT2D eigenvalue weighted by molar-refractivity contribution is -0.130. The first-order chi connectivity index (χ1) is 8.26. The van der Waals surface area contributed by atoms with Crippen LogP contribution in [0.15, 0.2) is 0 Å². The Morgan fingerprint density at radius 1 is 1.35 bits per heavy atom. The van der Waals surface area contributed by atoms with E-state index in [0.717, 1.165) is 0 Å². The average molecular weight is 244 g/mol. The van der Waals surface area contributed by atoms with Crippen LogP contribution in [0.1, 0.15) is 12.8 Å². The minimum Gasteiger partial charge on any atom is -0.394 e. The third-order valence-electron chi connectivity index (χ3n) is 3.38. The maximum atomic E-state index is 12.0. The monoisotopic (exact) mass is 244 g/mol. The standard InChI is InChI=1S/C11H20N2O4/c14-8-11(1-4-16-5-2-11)13-10(15)9-7-17-6-3-12-9/h9,12,14H,1-8H2,(H,13,15). The summed E-state index contributed by atoms with van der Waals surface area (Å²) in [4.78, 5) is 12.0. The van der Waals surface area contributed by atoms with Gasteiger partial charge in [0.1, 0.15) is 6.04 Å². The van der Waals surface area contributed by atoms with Crippen LogP contribution < -0.4 is 10.6 Å². The molecular formula is C11H20N2O4. The van der Waals surface area contributed by atoms with Crippen LogP contribution in [0, 0.1) is 0 Å². The van der Waals surface area contributed by atoms with Crippen LogP contribution in [0.3, 0.4) is 0 Å². The van der Waals surface area contributed by atoms with Crippen molar-refractivity contribution in [3.05, 3.63) is 0 Å². The Hall–Kier alpha value is -0.690. The van der Waals surface area contributed by atoms with E-state index in [1.165, 1.54) is 0 Å². The molecule has 0 aromatic carbocycles. The zero-order valence-electron chi connectivity index (χ0n) is 9.91. The number of carbonyl (C=O) groups is 1. The van der Waals surface area contributed by atoms with Gasteiger partial charge in [-0.15, -0.1) is 0 Å². The lowest BCUT2D eigenvalue weighted by Gasteiger charge is -2.37. The van der Waals surface area contributed by atoms with Gasteiger partial charge in [-0.2, -0.15) is 0 Å². The highest BCUT2D eigenvalue weighted by atomic mass is 16.5. The van der Waals surface area contributed by atoms with Crippen molar-refractivity contribution in [2.24, 2.45) is 0 Å². The third kappa shape index (κ3) is 3.16. The fourth-order valence-electron chi connectivity index (χ4n) is 2.17. The highest BCUT2D eigenvalue weighted by molar-refractivity contribution is 5.82. The van der Waals surface area contributed by atoms with Gasteiger partial charge in [0, 0.05) is 19.8 Å². The molecule has 0 aromatic rings. The molecule has 6 heteroatoms. The maximum Gasteiger partial charge on any atom is 0.240 e. The second kappa shape index (κ2) is 5.77. The number of ether oxygens (including phenoxy) is 2. The zero-order chi connectivity index (χ0) is 12.1. The molecule has 2 aliphatic rings. The van der Waals surface area contributed by atoms with E-state index in [4.69, 9.17) is 9.47 Å². The van der Waals surface area contributed by atoms with Gasteiger partial charge >= 0.3 is 0 Å². The van der Waals surface area contributed by atoms with Crippen LogP contribution in [-0.4, -0.2) is 62.2 Å². The molecule has 1 amide bonds. The largest absolute Gasteiger partial charge is 0.394 e. The van der Waals surface area contributed by atoms with Crippen molar-refractivity contribution in [3.8, 4) is 0 Å². The number of hydrogen-bond donors (Lipinski definition) is 3. The summed E-state index contributed by atoms with van der Waals surface area (Å²) >= 11 is 0. The highest BCUT2D eigenvalue weighted by Gasteiger charge is 2.35. The molecule has 2 rings (SSSR count). The number of morpholine rings is 1. The van der Waals surface area contributed by atoms with Crippen LogP contribution in [0.4, 0.5) is 0 Å². The first-order valence-electron chi connectivity index (χ1n) is 6.07. The van der Waals surface area contributed by atoms with Gasteiger partial charge in [-0.05, 0) is 12.8 Å². The minimum atomic E-state index is -0.519. The van der Waals surface area contributed by atoms with E-state index in [1.54, 1.807) is 0 Å². The van der Waals surface area contributed by atoms with Crippen molar-refractivity contribution >= 4 is 5.91 Å². The van der Waals surface area contributed by atoms with E-state index in [1.807, 2.05) is 0 Å².